The van der Waals surface area contributed by atoms with E-state index in [4.69, 9.17) is 0 Å². The van der Waals surface area contributed by atoms with Crippen molar-refractivity contribution in [3.63, 3.8) is 0 Å². The van der Waals surface area contributed by atoms with Gasteiger partial charge in [0.1, 0.15) is 11.2 Å². The van der Waals surface area contributed by atoms with Gasteiger partial charge in [-0.15, -0.1) is 11.8 Å². The van der Waals surface area contributed by atoms with Crippen molar-refractivity contribution in [2.45, 2.75) is 44.9 Å². The highest BCUT2D eigenvalue weighted by Crippen LogP contribution is 2.47. The molecule has 2 amide bonds. The second-order valence-electron chi connectivity index (χ2n) is 6.43. The number of carbonyl (C=O) groups is 4. The number of nitrogens with one attached hydrogen (secondary N) is 1. The minimum Gasteiger partial charge on any atom is -0.479 e. The van der Waals surface area contributed by atoms with E-state index in [1.165, 1.54) is 20.8 Å². The summed E-state index contributed by atoms with van der Waals surface area (Å²) in [5.74, 6) is -4.24. The monoisotopic (exact) mass is 372 g/mol. The molecule has 0 aromatic heterocycles. The average Bonchev–Trinajstić information content (AvgIpc) is 2.78. The molecule has 2 aliphatic heterocycles. The highest BCUT2D eigenvalue weighted by molar-refractivity contribution is 8.03. The fourth-order valence-electron chi connectivity index (χ4n) is 3.13. The second kappa shape index (κ2) is 6.68. The minimum atomic E-state index is -1.57. The molecule has 2 aliphatic rings. The number of aliphatic hydroxyl groups is 1. The van der Waals surface area contributed by atoms with Gasteiger partial charge in [0.25, 0.3) is 0 Å². The summed E-state index contributed by atoms with van der Waals surface area (Å²) in [6.45, 7) is 4.00. The molecule has 4 atom stereocenters. The number of fused-ring (bicyclic) bond motifs is 1. The van der Waals surface area contributed by atoms with Crippen LogP contribution in [0.3, 0.4) is 0 Å². The Morgan fingerprint density at radius 3 is 2.44 bits per heavy atom. The number of amides is 2. The van der Waals surface area contributed by atoms with E-state index in [1.807, 2.05) is 0 Å². The maximum absolute atomic E-state index is 12.1. The van der Waals surface area contributed by atoms with Crippen molar-refractivity contribution in [3.8, 4) is 0 Å². The topological polar surface area (TPSA) is 144 Å². The lowest BCUT2D eigenvalue weighted by Gasteiger charge is -2.44. The number of thioether (sulfide) groups is 1. The van der Waals surface area contributed by atoms with Crippen molar-refractivity contribution in [1.29, 1.82) is 0 Å². The van der Waals surface area contributed by atoms with Gasteiger partial charge in [-0.25, -0.2) is 9.59 Å². The smallest absolute Gasteiger partial charge is 0.353 e. The molecule has 1 fully saturated rings. The Morgan fingerprint density at radius 1 is 1.40 bits per heavy atom. The van der Waals surface area contributed by atoms with Crippen LogP contribution in [0.2, 0.25) is 0 Å². The molecule has 0 saturated carbocycles. The van der Waals surface area contributed by atoms with Crippen LogP contribution >= 0.6 is 11.8 Å². The Labute approximate surface area is 148 Å². The number of carboxylic acids is 2. The van der Waals surface area contributed by atoms with Gasteiger partial charge in [-0.1, -0.05) is 0 Å². The van der Waals surface area contributed by atoms with Gasteiger partial charge >= 0.3 is 11.9 Å². The zero-order valence-electron chi connectivity index (χ0n) is 14.0. The third-order valence-corrected chi connectivity index (χ3v) is 5.78. The number of β-lactam (4-membered cyclic amide) rings is 1. The van der Waals surface area contributed by atoms with Crippen LogP contribution in [0.15, 0.2) is 10.6 Å². The molecule has 9 nitrogen and oxygen atoms in total. The van der Waals surface area contributed by atoms with E-state index < -0.39 is 47.4 Å². The van der Waals surface area contributed by atoms with E-state index in [0.29, 0.717) is 4.91 Å². The van der Waals surface area contributed by atoms with Crippen LogP contribution in [0.5, 0.6) is 0 Å². The minimum absolute atomic E-state index is 0.0951. The molecule has 2 heterocycles. The molecule has 4 N–H and O–H groups in total. The number of nitrogens with zero attached hydrogens (tertiary/aromatic N) is 1. The first-order chi connectivity index (χ1) is 11.5. The Kier molecular flexibility index (Phi) is 5.14. The van der Waals surface area contributed by atoms with Crippen molar-refractivity contribution in [2.75, 3.05) is 5.75 Å². The molecule has 0 spiro atoms. The quantitative estimate of drug-likeness (QED) is 0.442. The first-order valence-electron chi connectivity index (χ1n) is 7.62. The van der Waals surface area contributed by atoms with Gasteiger partial charge in [-0.3, -0.25) is 9.59 Å². The summed E-state index contributed by atoms with van der Waals surface area (Å²) < 4.78 is 0. The number of aliphatic carboxylic acids is 2. The maximum atomic E-state index is 12.1. The Morgan fingerprint density at radius 2 is 2.00 bits per heavy atom. The van der Waals surface area contributed by atoms with Gasteiger partial charge in [0.05, 0.1) is 18.1 Å². The molecule has 0 aliphatic carbocycles. The summed E-state index contributed by atoms with van der Waals surface area (Å²) >= 11 is 0.989. The van der Waals surface area contributed by atoms with Crippen molar-refractivity contribution in [2.24, 2.45) is 5.92 Å². The Balaban J connectivity index is 2.21. The normalized spacial score (nSPS) is 25.8. The fourth-order valence-corrected chi connectivity index (χ4v) is 4.40. The maximum Gasteiger partial charge on any atom is 0.353 e. The lowest BCUT2D eigenvalue weighted by Crippen LogP contribution is -2.61. The molecule has 0 aromatic rings. The number of hydrogen-bond donors (Lipinski definition) is 4. The number of rotatable bonds is 7. The van der Waals surface area contributed by atoms with E-state index >= 15 is 0 Å². The number of aliphatic hydroxyl groups excluding tert-OH is 1. The molecule has 10 heteroatoms. The van der Waals surface area contributed by atoms with E-state index in [0.717, 1.165) is 16.7 Å². The SMILES string of the molecule is CC(=O)N[C@@](C)(CSC1=C(C(=O)O)N2C(=O)[C@H](C(C)O)[C@H]2C1)C(=O)O. The van der Waals surface area contributed by atoms with E-state index in [9.17, 15) is 34.5 Å². The summed E-state index contributed by atoms with van der Waals surface area (Å²) in [6, 6.07) is -0.432. The van der Waals surface area contributed by atoms with Crippen LogP contribution < -0.4 is 5.32 Å². The Bertz CT molecular complexity index is 675. The lowest BCUT2D eigenvalue weighted by atomic mass is 9.83. The molecule has 0 aromatic carbocycles. The first kappa shape index (κ1) is 19.3. The molecule has 1 saturated heterocycles. The molecule has 138 valence electrons. The molecule has 2 rings (SSSR count). The standard InChI is InChI=1S/C15H20N2O7S/c1-6(18)10-8-4-9(11(13(21)22)17(8)12(10)20)25-5-15(3,14(23)24)16-7(2)19/h6,8,10,18H,4-5H2,1-3H3,(H,16,19)(H,21,22)(H,23,24)/t6?,8-,10-,15+/m1/s1. The van der Waals surface area contributed by atoms with Gasteiger partial charge in [0, 0.05) is 24.0 Å². The van der Waals surface area contributed by atoms with Crippen LogP contribution in [0.25, 0.3) is 0 Å². The predicted molar refractivity (Wildman–Crippen MR) is 87.4 cm³/mol. The first-order valence-corrected chi connectivity index (χ1v) is 8.60. The van der Waals surface area contributed by atoms with Crippen LogP contribution in [0, 0.1) is 5.92 Å². The zero-order chi connectivity index (χ0) is 19.1. The fraction of sp³-hybridized carbons (Fsp3) is 0.600. The van der Waals surface area contributed by atoms with Crippen LogP contribution in [0.4, 0.5) is 0 Å². The molecule has 0 bridgehead atoms. The van der Waals surface area contributed by atoms with Crippen molar-refractivity contribution >= 4 is 35.5 Å². The molecule has 1 unspecified atom stereocenters. The van der Waals surface area contributed by atoms with Crippen LogP contribution in [-0.2, 0) is 19.2 Å². The van der Waals surface area contributed by atoms with Gasteiger partial charge < -0.3 is 25.5 Å². The van der Waals surface area contributed by atoms with Crippen molar-refractivity contribution in [1.82, 2.24) is 10.2 Å². The Hall–Kier alpha value is -2.07. The number of carbonyl (C=O) groups excluding carboxylic acids is 2. The van der Waals surface area contributed by atoms with Gasteiger partial charge in [0.15, 0.2) is 0 Å². The van der Waals surface area contributed by atoms with Gasteiger partial charge in [-0.05, 0) is 13.8 Å². The highest BCUT2D eigenvalue weighted by Gasteiger charge is 2.57. The summed E-state index contributed by atoms with van der Waals surface area (Å²) in [5, 5.41) is 30.8. The second-order valence-corrected chi connectivity index (χ2v) is 7.50. The summed E-state index contributed by atoms with van der Waals surface area (Å²) in [6.07, 6.45) is -0.652. The van der Waals surface area contributed by atoms with E-state index in [1.54, 1.807) is 0 Å². The van der Waals surface area contributed by atoms with E-state index in [2.05, 4.69) is 5.32 Å². The lowest BCUT2D eigenvalue weighted by molar-refractivity contribution is -0.161. The highest BCUT2D eigenvalue weighted by atomic mass is 32.2. The van der Waals surface area contributed by atoms with Crippen LogP contribution in [-0.4, -0.2) is 67.4 Å². The molecule has 25 heavy (non-hydrogen) atoms. The third-order valence-electron chi connectivity index (χ3n) is 4.35. The number of hydrogen-bond acceptors (Lipinski definition) is 6. The van der Waals surface area contributed by atoms with Crippen molar-refractivity contribution in [3.05, 3.63) is 10.6 Å². The van der Waals surface area contributed by atoms with Gasteiger partial charge in [0.2, 0.25) is 11.8 Å². The van der Waals surface area contributed by atoms with Crippen molar-refractivity contribution < 1.29 is 34.5 Å². The third kappa shape index (κ3) is 3.36. The predicted octanol–water partition coefficient (Wildman–Crippen LogP) is -0.393. The number of carboxylic acid groups (broad SMARTS) is 2. The largest absolute Gasteiger partial charge is 0.479 e. The molecule has 0 radical (unpaired) electrons. The van der Waals surface area contributed by atoms with Gasteiger partial charge in [-0.2, -0.15) is 0 Å². The van der Waals surface area contributed by atoms with Crippen LogP contribution in [0.1, 0.15) is 27.2 Å². The summed E-state index contributed by atoms with van der Waals surface area (Å²) in [4.78, 5) is 47.9. The molecular weight excluding hydrogens is 352 g/mol. The molecular formula is C15H20N2O7S. The average molecular weight is 372 g/mol. The van der Waals surface area contributed by atoms with E-state index in [-0.39, 0.29) is 17.9 Å². The summed E-state index contributed by atoms with van der Waals surface area (Å²) in [7, 11) is 0. The zero-order valence-corrected chi connectivity index (χ0v) is 14.8. The summed E-state index contributed by atoms with van der Waals surface area (Å²) in [5.41, 5.74) is -1.75.